The highest BCUT2D eigenvalue weighted by Gasteiger charge is 2.14. The van der Waals surface area contributed by atoms with Crippen LogP contribution in [0.25, 0.3) is 44.2 Å². The van der Waals surface area contributed by atoms with Gasteiger partial charge in [-0.05, 0) is 29.7 Å². The molecule has 4 heteroatoms. The molecule has 0 radical (unpaired) electrons. The SMILES string of the molecule is c1ccc2cc(-c3nccc4c3oc3ncccc34)ncc2c1. The topological polar surface area (TPSA) is 51.8 Å². The summed E-state index contributed by atoms with van der Waals surface area (Å²) in [5.41, 5.74) is 2.89. The Kier molecular flexibility index (Phi) is 2.46. The molecule has 0 atom stereocenters. The summed E-state index contributed by atoms with van der Waals surface area (Å²) in [6.07, 6.45) is 5.38. The van der Waals surface area contributed by atoms with E-state index in [4.69, 9.17) is 4.42 Å². The predicted molar refractivity (Wildman–Crippen MR) is 90.0 cm³/mol. The summed E-state index contributed by atoms with van der Waals surface area (Å²) in [7, 11) is 0. The van der Waals surface area contributed by atoms with Crippen LogP contribution < -0.4 is 0 Å². The van der Waals surface area contributed by atoms with Crippen LogP contribution in [0.15, 0.2) is 71.5 Å². The number of fused-ring (bicyclic) bond motifs is 4. The van der Waals surface area contributed by atoms with Crippen LogP contribution in [-0.4, -0.2) is 15.0 Å². The fraction of sp³-hybridized carbons (Fsp3) is 0. The third-order valence-electron chi connectivity index (χ3n) is 4.04. The largest absolute Gasteiger partial charge is 0.435 e. The second kappa shape index (κ2) is 4.61. The molecule has 4 aromatic heterocycles. The van der Waals surface area contributed by atoms with Gasteiger partial charge >= 0.3 is 0 Å². The molecule has 0 spiro atoms. The van der Waals surface area contributed by atoms with Crippen LogP contribution in [0.1, 0.15) is 0 Å². The van der Waals surface area contributed by atoms with E-state index in [1.54, 1.807) is 12.4 Å². The molecule has 0 fully saturated rings. The second-order valence-corrected chi connectivity index (χ2v) is 5.41. The molecule has 5 rings (SSSR count). The van der Waals surface area contributed by atoms with Gasteiger partial charge in [0.25, 0.3) is 0 Å². The van der Waals surface area contributed by atoms with Crippen LogP contribution in [0.4, 0.5) is 0 Å². The minimum Gasteiger partial charge on any atom is -0.435 e. The summed E-state index contributed by atoms with van der Waals surface area (Å²) in [6, 6.07) is 16.0. The standard InChI is InChI=1S/C19H11N3O/c1-2-5-13-11-22-16(10-12(13)4-1)17-18-14(7-9-20-17)15-6-3-8-21-19(15)23-18/h1-11H. The van der Waals surface area contributed by atoms with Gasteiger partial charge in [-0.25, -0.2) is 4.98 Å². The van der Waals surface area contributed by atoms with Gasteiger partial charge in [-0.1, -0.05) is 24.3 Å². The molecule has 4 heterocycles. The van der Waals surface area contributed by atoms with Crippen molar-refractivity contribution in [3.63, 3.8) is 0 Å². The number of rotatable bonds is 1. The van der Waals surface area contributed by atoms with E-state index in [1.165, 1.54) is 0 Å². The van der Waals surface area contributed by atoms with Crippen molar-refractivity contribution >= 4 is 32.8 Å². The number of hydrogen-bond donors (Lipinski definition) is 0. The molecule has 1 aromatic carbocycles. The summed E-state index contributed by atoms with van der Waals surface area (Å²) >= 11 is 0. The minimum absolute atomic E-state index is 0.623. The average molecular weight is 297 g/mol. The minimum atomic E-state index is 0.623. The fourth-order valence-electron chi connectivity index (χ4n) is 2.93. The molecule has 0 N–H and O–H groups in total. The summed E-state index contributed by atoms with van der Waals surface area (Å²) in [5.74, 6) is 0. The van der Waals surface area contributed by atoms with Gasteiger partial charge in [0.15, 0.2) is 5.58 Å². The van der Waals surface area contributed by atoms with Gasteiger partial charge in [0.1, 0.15) is 5.69 Å². The Morgan fingerprint density at radius 1 is 0.739 bits per heavy atom. The Balaban J connectivity index is 1.84. The Hall–Kier alpha value is -3.27. The molecule has 5 aromatic rings. The van der Waals surface area contributed by atoms with Gasteiger partial charge in [-0.3, -0.25) is 9.97 Å². The monoisotopic (exact) mass is 297 g/mol. The quantitative estimate of drug-likeness (QED) is 0.454. The van der Waals surface area contributed by atoms with Gasteiger partial charge in [-0.15, -0.1) is 0 Å². The van der Waals surface area contributed by atoms with Gasteiger partial charge in [-0.2, -0.15) is 0 Å². The molecule has 0 saturated heterocycles. The maximum absolute atomic E-state index is 5.94. The summed E-state index contributed by atoms with van der Waals surface area (Å²) in [5, 5.41) is 4.24. The first-order valence-corrected chi connectivity index (χ1v) is 7.37. The Morgan fingerprint density at radius 2 is 1.65 bits per heavy atom. The highest BCUT2D eigenvalue weighted by atomic mass is 16.3. The molecule has 0 aliphatic rings. The van der Waals surface area contributed by atoms with Gasteiger partial charge in [0, 0.05) is 34.7 Å². The van der Waals surface area contributed by atoms with Crippen LogP contribution in [-0.2, 0) is 0 Å². The number of benzene rings is 1. The number of furan rings is 1. The first kappa shape index (κ1) is 12.3. The normalized spacial score (nSPS) is 11.5. The molecule has 0 aliphatic heterocycles. The van der Waals surface area contributed by atoms with E-state index in [0.29, 0.717) is 5.71 Å². The molecule has 23 heavy (non-hydrogen) atoms. The Bertz CT molecular complexity index is 1180. The lowest BCUT2D eigenvalue weighted by Crippen LogP contribution is -1.88. The van der Waals surface area contributed by atoms with Crippen LogP contribution in [0.5, 0.6) is 0 Å². The van der Waals surface area contributed by atoms with Crippen molar-refractivity contribution in [2.75, 3.05) is 0 Å². The zero-order valence-corrected chi connectivity index (χ0v) is 12.1. The molecule has 108 valence electrons. The fourth-order valence-corrected chi connectivity index (χ4v) is 2.93. The molecule has 4 nitrogen and oxygen atoms in total. The van der Waals surface area contributed by atoms with Crippen molar-refractivity contribution in [2.24, 2.45) is 0 Å². The Morgan fingerprint density at radius 3 is 2.61 bits per heavy atom. The van der Waals surface area contributed by atoms with Crippen LogP contribution in [0.2, 0.25) is 0 Å². The zero-order chi connectivity index (χ0) is 15.2. The number of aromatic nitrogens is 3. The first-order chi connectivity index (χ1) is 11.4. The number of nitrogens with zero attached hydrogens (tertiary/aromatic N) is 3. The molecule has 0 bridgehead atoms. The number of pyridine rings is 3. The first-order valence-electron chi connectivity index (χ1n) is 7.37. The van der Waals surface area contributed by atoms with Crippen LogP contribution in [0.3, 0.4) is 0 Å². The van der Waals surface area contributed by atoms with Crippen molar-refractivity contribution in [3.8, 4) is 11.4 Å². The van der Waals surface area contributed by atoms with E-state index in [0.717, 1.165) is 38.5 Å². The van der Waals surface area contributed by atoms with Crippen molar-refractivity contribution in [2.45, 2.75) is 0 Å². The number of hydrogen-bond acceptors (Lipinski definition) is 4. The van der Waals surface area contributed by atoms with Gasteiger partial charge in [0.05, 0.1) is 5.69 Å². The summed E-state index contributed by atoms with van der Waals surface area (Å²) in [4.78, 5) is 13.3. The van der Waals surface area contributed by atoms with E-state index >= 15 is 0 Å². The third-order valence-corrected chi connectivity index (χ3v) is 4.04. The van der Waals surface area contributed by atoms with Crippen LogP contribution >= 0.6 is 0 Å². The molecule has 0 aliphatic carbocycles. The predicted octanol–water partition coefficient (Wildman–Crippen LogP) is 4.59. The van der Waals surface area contributed by atoms with E-state index in [2.05, 4.69) is 21.0 Å². The lowest BCUT2D eigenvalue weighted by atomic mass is 10.1. The highest BCUT2D eigenvalue weighted by Crippen LogP contribution is 2.33. The average Bonchev–Trinajstić information content (AvgIpc) is 3.00. The van der Waals surface area contributed by atoms with E-state index in [1.807, 2.05) is 48.7 Å². The van der Waals surface area contributed by atoms with Crippen molar-refractivity contribution in [3.05, 3.63) is 67.1 Å². The Labute approximate surface area is 131 Å². The van der Waals surface area contributed by atoms with Crippen LogP contribution in [0, 0.1) is 0 Å². The summed E-state index contributed by atoms with van der Waals surface area (Å²) in [6.45, 7) is 0. The maximum Gasteiger partial charge on any atom is 0.227 e. The van der Waals surface area contributed by atoms with E-state index in [9.17, 15) is 0 Å². The maximum atomic E-state index is 5.94. The van der Waals surface area contributed by atoms with Crippen molar-refractivity contribution in [1.82, 2.24) is 15.0 Å². The lowest BCUT2D eigenvalue weighted by molar-refractivity contribution is 0.653. The molecular weight excluding hydrogens is 286 g/mol. The zero-order valence-electron chi connectivity index (χ0n) is 12.1. The summed E-state index contributed by atoms with van der Waals surface area (Å²) < 4.78 is 5.94. The molecule has 0 saturated carbocycles. The third kappa shape index (κ3) is 1.82. The smallest absolute Gasteiger partial charge is 0.227 e. The van der Waals surface area contributed by atoms with Gasteiger partial charge in [0.2, 0.25) is 5.71 Å². The van der Waals surface area contributed by atoms with Crippen molar-refractivity contribution in [1.29, 1.82) is 0 Å². The highest BCUT2D eigenvalue weighted by molar-refractivity contribution is 6.07. The molecular formula is C19H11N3O. The van der Waals surface area contributed by atoms with E-state index in [-0.39, 0.29) is 0 Å². The lowest BCUT2D eigenvalue weighted by Gasteiger charge is -2.03. The van der Waals surface area contributed by atoms with E-state index < -0.39 is 0 Å². The van der Waals surface area contributed by atoms with Gasteiger partial charge < -0.3 is 4.42 Å². The molecule has 0 amide bonds. The van der Waals surface area contributed by atoms with Crippen molar-refractivity contribution < 1.29 is 4.42 Å². The molecule has 0 unspecified atom stereocenters. The second-order valence-electron chi connectivity index (χ2n) is 5.41.